The zero-order valence-electron chi connectivity index (χ0n) is 19.6. The smallest absolute Gasteiger partial charge is 0.274 e. The molecule has 0 spiro atoms. The van der Waals surface area contributed by atoms with E-state index in [9.17, 15) is 14.4 Å². The molecule has 32 heavy (non-hydrogen) atoms. The van der Waals surface area contributed by atoms with Crippen molar-refractivity contribution in [1.29, 1.82) is 0 Å². The fraction of sp³-hybridized carbons (Fsp3) is 0.739. The van der Waals surface area contributed by atoms with E-state index < -0.39 is 5.54 Å². The first-order valence-electron chi connectivity index (χ1n) is 12.0. The summed E-state index contributed by atoms with van der Waals surface area (Å²) in [5, 5.41) is 7.66. The number of piperazine rings is 1. The Morgan fingerprint density at radius 3 is 2.41 bits per heavy atom. The minimum Gasteiger partial charge on any atom is -0.351 e. The summed E-state index contributed by atoms with van der Waals surface area (Å²) in [6, 6.07) is 1.74. The molecule has 0 unspecified atom stereocenters. The van der Waals surface area contributed by atoms with Crippen molar-refractivity contribution in [2.45, 2.75) is 70.5 Å². The van der Waals surface area contributed by atoms with Gasteiger partial charge in [-0.25, -0.2) is 0 Å². The number of hydrogen-bond donors (Lipinski definition) is 1. The topological polar surface area (TPSA) is 90.8 Å². The van der Waals surface area contributed by atoms with Gasteiger partial charge in [0.05, 0.1) is 6.54 Å². The maximum absolute atomic E-state index is 13.3. The zero-order valence-corrected chi connectivity index (χ0v) is 19.6. The van der Waals surface area contributed by atoms with Crippen molar-refractivity contribution in [3.63, 3.8) is 0 Å². The number of nitrogens with zero attached hydrogens (tertiary/aromatic N) is 5. The van der Waals surface area contributed by atoms with Crippen LogP contribution in [0.15, 0.2) is 6.07 Å². The minimum absolute atomic E-state index is 0.148. The van der Waals surface area contributed by atoms with Gasteiger partial charge in [0.2, 0.25) is 5.91 Å². The maximum Gasteiger partial charge on any atom is 0.274 e. The Morgan fingerprint density at radius 1 is 1.12 bits per heavy atom. The Balaban J connectivity index is 1.49. The first-order valence-corrected chi connectivity index (χ1v) is 12.0. The molecule has 9 heteroatoms. The SMILES string of the molecule is CCN1CCN(C(=O)c2cc3n(n2)C[C@](C)(C(=O)NC2CCCCCC2)N(C)C3=O)CC1. The molecule has 3 heterocycles. The lowest BCUT2D eigenvalue weighted by Gasteiger charge is -2.41. The lowest BCUT2D eigenvalue weighted by atomic mass is 9.95. The van der Waals surface area contributed by atoms with Gasteiger partial charge in [-0.15, -0.1) is 0 Å². The Hall–Kier alpha value is -2.42. The monoisotopic (exact) mass is 444 g/mol. The molecule has 176 valence electrons. The summed E-state index contributed by atoms with van der Waals surface area (Å²) in [4.78, 5) is 45.0. The van der Waals surface area contributed by atoms with Gasteiger partial charge in [-0.1, -0.05) is 32.6 Å². The molecule has 0 radical (unpaired) electrons. The van der Waals surface area contributed by atoms with Gasteiger partial charge in [0.15, 0.2) is 5.69 Å². The Labute approximate surface area is 190 Å². The fourth-order valence-electron chi connectivity index (χ4n) is 5.03. The summed E-state index contributed by atoms with van der Waals surface area (Å²) in [6.07, 6.45) is 6.63. The molecule has 0 bridgehead atoms. The molecule has 1 N–H and O–H groups in total. The van der Waals surface area contributed by atoms with Crippen LogP contribution in [0.4, 0.5) is 0 Å². The Morgan fingerprint density at radius 2 is 1.78 bits per heavy atom. The predicted octanol–water partition coefficient (Wildman–Crippen LogP) is 1.34. The zero-order chi connectivity index (χ0) is 22.9. The minimum atomic E-state index is -1.05. The Kier molecular flexibility index (Phi) is 6.55. The summed E-state index contributed by atoms with van der Waals surface area (Å²) in [7, 11) is 1.66. The highest BCUT2D eigenvalue weighted by molar-refractivity contribution is 6.01. The summed E-state index contributed by atoms with van der Waals surface area (Å²) in [5.41, 5.74) is -0.405. The Bertz CT molecular complexity index is 867. The number of amides is 3. The van der Waals surface area contributed by atoms with Crippen LogP contribution in [0.1, 0.15) is 73.3 Å². The van der Waals surface area contributed by atoms with Gasteiger partial charge in [0.25, 0.3) is 11.8 Å². The van der Waals surface area contributed by atoms with E-state index in [1.165, 1.54) is 17.7 Å². The average Bonchev–Trinajstić information content (AvgIpc) is 3.05. The van der Waals surface area contributed by atoms with Crippen LogP contribution in [0, 0.1) is 0 Å². The summed E-state index contributed by atoms with van der Waals surface area (Å²) < 4.78 is 1.55. The normalized spacial score (nSPS) is 25.4. The molecule has 1 atom stereocenters. The van der Waals surface area contributed by atoms with Crippen molar-refractivity contribution in [3.8, 4) is 0 Å². The molecule has 4 rings (SSSR count). The molecule has 2 aliphatic heterocycles. The molecular formula is C23H36N6O3. The van der Waals surface area contributed by atoms with Gasteiger partial charge in [-0.3, -0.25) is 19.1 Å². The van der Waals surface area contributed by atoms with E-state index >= 15 is 0 Å². The summed E-state index contributed by atoms with van der Waals surface area (Å²) in [6.45, 7) is 8.12. The average molecular weight is 445 g/mol. The van der Waals surface area contributed by atoms with Gasteiger partial charge < -0.3 is 20.0 Å². The van der Waals surface area contributed by atoms with E-state index in [0.717, 1.165) is 45.3 Å². The highest BCUT2D eigenvalue weighted by Gasteiger charge is 2.47. The van der Waals surface area contributed by atoms with Crippen LogP contribution in [-0.4, -0.2) is 93.6 Å². The third kappa shape index (κ3) is 4.27. The van der Waals surface area contributed by atoms with Crippen molar-refractivity contribution < 1.29 is 14.4 Å². The molecule has 1 aromatic rings. The van der Waals surface area contributed by atoms with E-state index in [-0.39, 0.29) is 36.0 Å². The van der Waals surface area contributed by atoms with E-state index in [2.05, 4.69) is 22.2 Å². The number of likely N-dealkylation sites (N-methyl/N-ethyl adjacent to an activating group) is 2. The molecule has 2 fully saturated rings. The van der Waals surface area contributed by atoms with Crippen molar-refractivity contribution in [1.82, 2.24) is 29.8 Å². The summed E-state index contributed by atoms with van der Waals surface area (Å²) in [5.74, 6) is -0.579. The van der Waals surface area contributed by atoms with Crippen molar-refractivity contribution in [2.24, 2.45) is 0 Å². The molecule has 0 aromatic carbocycles. The van der Waals surface area contributed by atoms with Crippen LogP contribution in [0.3, 0.4) is 0 Å². The largest absolute Gasteiger partial charge is 0.351 e. The first-order chi connectivity index (χ1) is 15.3. The molecule has 1 aliphatic carbocycles. The number of aromatic nitrogens is 2. The van der Waals surface area contributed by atoms with Crippen molar-refractivity contribution >= 4 is 17.7 Å². The second-order valence-corrected chi connectivity index (χ2v) is 9.60. The number of nitrogens with one attached hydrogen (secondary N) is 1. The van der Waals surface area contributed by atoms with Crippen molar-refractivity contribution in [2.75, 3.05) is 39.8 Å². The van der Waals surface area contributed by atoms with Gasteiger partial charge in [0.1, 0.15) is 11.2 Å². The van der Waals surface area contributed by atoms with E-state index in [1.54, 1.807) is 29.6 Å². The molecular weight excluding hydrogens is 408 g/mol. The standard InChI is InChI=1S/C23H36N6O3/c1-4-27-11-13-28(14-12-27)20(30)18-15-19-21(31)26(3)23(2,16-29(19)25-18)22(32)24-17-9-7-5-6-8-10-17/h15,17H,4-14,16H2,1-3H3,(H,24,32)/t23-/m1/s1. The van der Waals surface area contributed by atoms with Crippen LogP contribution in [-0.2, 0) is 11.3 Å². The third-order valence-electron chi connectivity index (χ3n) is 7.51. The highest BCUT2D eigenvalue weighted by Crippen LogP contribution is 2.27. The number of carbonyl (C=O) groups is 3. The van der Waals surface area contributed by atoms with Crippen LogP contribution in [0.5, 0.6) is 0 Å². The predicted molar refractivity (Wildman–Crippen MR) is 120 cm³/mol. The van der Waals surface area contributed by atoms with E-state index in [0.29, 0.717) is 18.8 Å². The van der Waals surface area contributed by atoms with Crippen molar-refractivity contribution in [3.05, 3.63) is 17.5 Å². The van der Waals surface area contributed by atoms with Gasteiger partial charge in [-0.2, -0.15) is 5.10 Å². The summed E-state index contributed by atoms with van der Waals surface area (Å²) >= 11 is 0. The van der Waals surface area contributed by atoms with Gasteiger partial charge in [0, 0.05) is 45.3 Å². The molecule has 1 aromatic heterocycles. The van der Waals surface area contributed by atoms with E-state index in [4.69, 9.17) is 0 Å². The number of fused-ring (bicyclic) bond motifs is 1. The highest BCUT2D eigenvalue weighted by atomic mass is 16.2. The molecule has 3 aliphatic rings. The van der Waals surface area contributed by atoms with Crippen LogP contribution >= 0.6 is 0 Å². The van der Waals surface area contributed by atoms with Gasteiger partial charge in [-0.05, 0) is 26.3 Å². The molecule has 1 saturated heterocycles. The third-order valence-corrected chi connectivity index (χ3v) is 7.51. The van der Waals surface area contributed by atoms with Gasteiger partial charge >= 0.3 is 0 Å². The van der Waals surface area contributed by atoms with Crippen LogP contribution < -0.4 is 5.32 Å². The molecule has 9 nitrogen and oxygen atoms in total. The first kappa shape index (κ1) is 22.8. The number of carbonyl (C=O) groups excluding carboxylic acids is 3. The quantitative estimate of drug-likeness (QED) is 0.708. The molecule has 1 saturated carbocycles. The second-order valence-electron chi connectivity index (χ2n) is 9.60. The number of hydrogen-bond acceptors (Lipinski definition) is 5. The number of rotatable bonds is 4. The molecule has 3 amide bonds. The lowest BCUT2D eigenvalue weighted by molar-refractivity contribution is -0.133. The van der Waals surface area contributed by atoms with Crippen LogP contribution in [0.25, 0.3) is 0 Å². The fourth-order valence-corrected chi connectivity index (χ4v) is 5.03. The van der Waals surface area contributed by atoms with E-state index in [1.807, 2.05) is 0 Å². The van der Waals surface area contributed by atoms with Crippen LogP contribution in [0.2, 0.25) is 0 Å². The lowest BCUT2D eigenvalue weighted by Crippen LogP contribution is -2.63. The second kappa shape index (κ2) is 9.21. The maximum atomic E-state index is 13.3.